The second-order valence-corrected chi connectivity index (χ2v) is 9.00. The number of nitrogens with zero attached hydrogens (tertiary/aromatic N) is 2. The molecule has 0 aliphatic rings. The maximum atomic E-state index is 12.8. The van der Waals surface area contributed by atoms with E-state index in [-0.39, 0.29) is 5.91 Å². The molecule has 2 heterocycles. The van der Waals surface area contributed by atoms with Crippen LogP contribution in [0.15, 0.2) is 95.4 Å². The van der Waals surface area contributed by atoms with Crippen LogP contribution in [0.2, 0.25) is 5.02 Å². The van der Waals surface area contributed by atoms with Gasteiger partial charge in [-0.25, -0.2) is 5.43 Å². The third-order valence-corrected chi connectivity index (χ3v) is 7.29. The van der Waals surface area contributed by atoms with Crippen molar-refractivity contribution in [2.45, 2.75) is 0 Å². The summed E-state index contributed by atoms with van der Waals surface area (Å²) in [6, 6.07) is 27.8. The van der Waals surface area contributed by atoms with Gasteiger partial charge in [0.2, 0.25) is 4.80 Å². The van der Waals surface area contributed by atoms with Crippen LogP contribution in [0.25, 0.3) is 27.0 Å². The standard InChI is InChI=1S/C24H16ClN3OS2/c25-21-18-13-7-8-14-20(18)31-22(21)23(29)26-27-24-28(17-11-5-2-6-12-17)19(15-30-24)16-9-3-1-4-10-16/h1-15H,(H,26,29)/b27-24-. The van der Waals surface area contributed by atoms with Crippen LogP contribution < -0.4 is 10.2 Å². The highest BCUT2D eigenvalue weighted by molar-refractivity contribution is 7.21. The van der Waals surface area contributed by atoms with Crippen LogP contribution in [-0.2, 0) is 0 Å². The summed E-state index contributed by atoms with van der Waals surface area (Å²) in [5.41, 5.74) is 5.74. The molecule has 0 atom stereocenters. The fourth-order valence-electron chi connectivity index (χ4n) is 3.34. The van der Waals surface area contributed by atoms with Gasteiger partial charge in [-0.2, -0.15) is 0 Å². The number of rotatable bonds is 4. The third kappa shape index (κ3) is 3.81. The van der Waals surface area contributed by atoms with E-state index in [9.17, 15) is 4.79 Å². The highest BCUT2D eigenvalue weighted by Crippen LogP contribution is 2.35. The molecule has 1 amide bonds. The number of fused-ring (bicyclic) bond motifs is 1. The second-order valence-electron chi connectivity index (χ2n) is 6.73. The summed E-state index contributed by atoms with van der Waals surface area (Å²) in [7, 11) is 0. The number of thiazole rings is 1. The summed E-state index contributed by atoms with van der Waals surface area (Å²) < 4.78 is 3.01. The minimum absolute atomic E-state index is 0.319. The first-order chi connectivity index (χ1) is 15.2. The molecule has 3 aromatic carbocycles. The van der Waals surface area contributed by atoms with Gasteiger partial charge in [-0.1, -0.05) is 78.3 Å². The predicted octanol–water partition coefficient (Wildman–Crippen LogP) is 6.32. The molecule has 0 spiro atoms. The van der Waals surface area contributed by atoms with Gasteiger partial charge in [0.25, 0.3) is 5.91 Å². The number of amides is 1. The van der Waals surface area contributed by atoms with Gasteiger partial charge < -0.3 is 0 Å². The predicted molar refractivity (Wildman–Crippen MR) is 129 cm³/mol. The van der Waals surface area contributed by atoms with Gasteiger partial charge in [-0.15, -0.1) is 27.8 Å². The molecule has 152 valence electrons. The Hall–Kier alpha value is -3.19. The minimum atomic E-state index is -0.319. The summed E-state index contributed by atoms with van der Waals surface area (Å²) in [5, 5.41) is 7.82. The number of halogens is 1. The zero-order valence-electron chi connectivity index (χ0n) is 16.2. The summed E-state index contributed by atoms with van der Waals surface area (Å²) in [4.78, 5) is 14.0. The number of hydrogen-bond acceptors (Lipinski definition) is 4. The Morgan fingerprint density at radius 2 is 1.58 bits per heavy atom. The van der Waals surface area contributed by atoms with E-state index >= 15 is 0 Å². The molecule has 5 rings (SSSR count). The Kier molecular flexibility index (Phi) is 5.42. The molecule has 0 unspecified atom stereocenters. The zero-order valence-corrected chi connectivity index (χ0v) is 18.5. The van der Waals surface area contributed by atoms with Crippen molar-refractivity contribution in [2.24, 2.45) is 5.10 Å². The zero-order chi connectivity index (χ0) is 21.2. The van der Waals surface area contributed by atoms with Gasteiger partial charge in [0, 0.05) is 21.2 Å². The molecule has 2 aromatic heterocycles. The number of hydrogen-bond donors (Lipinski definition) is 1. The van der Waals surface area contributed by atoms with Crippen molar-refractivity contribution >= 4 is 50.3 Å². The maximum absolute atomic E-state index is 12.8. The molecule has 0 radical (unpaired) electrons. The maximum Gasteiger partial charge on any atom is 0.283 e. The molecule has 0 aliphatic carbocycles. The average molecular weight is 462 g/mol. The number of para-hydroxylation sites is 1. The Bertz CT molecular complexity index is 1440. The molecule has 4 nitrogen and oxygen atoms in total. The lowest BCUT2D eigenvalue weighted by atomic mass is 10.1. The normalized spacial score (nSPS) is 11.7. The first-order valence-electron chi connectivity index (χ1n) is 9.55. The van der Waals surface area contributed by atoms with E-state index in [1.807, 2.05) is 82.7 Å². The summed E-state index contributed by atoms with van der Waals surface area (Å²) >= 11 is 9.28. The molecule has 0 aliphatic heterocycles. The quantitative estimate of drug-likeness (QED) is 0.313. The minimum Gasteiger partial charge on any atom is -0.284 e. The van der Waals surface area contributed by atoms with Gasteiger partial charge in [0.15, 0.2) is 0 Å². The Morgan fingerprint density at radius 3 is 2.32 bits per heavy atom. The van der Waals surface area contributed by atoms with E-state index in [1.54, 1.807) is 0 Å². The molecule has 1 N–H and O–H groups in total. The van der Waals surface area contributed by atoms with Gasteiger partial charge in [0.1, 0.15) is 4.88 Å². The van der Waals surface area contributed by atoms with E-state index in [2.05, 4.69) is 22.7 Å². The molecule has 5 aromatic rings. The number of aromatic nitrogens is 1. The number of carbonyl (C=O) groups excluding carboxylic acids is 1. The first kappa shape index (κ1) is 19.8. The number of nitrogens with one attached hydrogen (secondary N) is 1. The molecular weight excluding hydrogens is 446 g/mol. The van der Waals surface area contributed by atoms with Crippen molar-refractivity contribution in [2.75, 3.05) is 0 Å². The van der Waals surface area contributed by atoms with E-state index < -0.39 is 0 Å². The highest BCUT2D eigenvalue weighted by atomic mass is 35.5. The van der Waals surface area contributed by atoms with E-state index in [4.69, 9.17) is 11.6 Å². The van der Waals surface area contributed by atoms with Crippen LogP contribution in [0.3, 0.4) is 0 Å². The molecular formula is C24H16ClN3OS2. The first-order valence-corrected chi connectivity index (χ1v) is 11.6. The summed E-state index contributed by atoms with van der Waals surface area (Å²) in [6.45, 7) is 0. The fourth-order valence-corrected chi connectivity index (χ4v) is 5.61. The van der Waals surface area contributed by atoms with Crippen LogP contribution in [0.1, 0.15) is 9.67 Å². The highest BCUT2D eigenvalue weighted by Gasteiger charge is 2.17. The van der Waals surface area contributed by atoms with Gasteiger partial charge in [-0.3, -0.25) is 9.36 Å². The largest absolute Gasteiger partial charge is 0.284 e. The van der Waals surface area contributed by atoms with E-state index in [0.717, 1.165) is 27.0 Å². The lowest BCUT2D eigenvalue weighted by Crippen LogP contribution is -2.23. The molecule has 0 bridgehead atoms. The van der Waals surface area contributed by atoms with E-state index in [0.29, 0.717) is 14.7 Å². The van der Waals surface area contributed by atoms with Crippen molar-refractivity contribution in [1.82, 2.24) is 9.99 Å². The number of carbonyl (C=O) groups is 1. The van der Waals surface area contributed by atoms with Gasteiger partial charge in [-0.05, 0) is 23.8 Å². The molecule has 0 saturated carbocycles. The third-order valence-electron chi connectivity index (χ3n) is 4.79. The number of thiophene rings is 1. The van der Waals surface area contributed by atoms with E-state index in [1.165, 1.54) is 22.7 Å². The monoisotopic (exact) mass is 461 g/mol. The van der Waals surface area contributed by atoms with Crippen molar-refractivity contribution in [3.63, 3.8) is 0 Å². The van der Waals surface area contributed by atoms with Crippen LogP contribution in [0.5, 0.6) is 0 Å². The smallest absolute Gasteiger partial charge is 0.283 e. The van der Waals surface area contributed by atoms with Crippen LogP contribution in [-0.4, -0.2) is 10.5 Å². The van der Waals surface area contributed by atoms with Crippen molar-refractivity contribution < 1.29 is 4.79 Å². The molecule has 31 heavy (non-hydrogen) atoms. The lowest BCUT2D eigenvalue weighted by Gasteiger charge is -2.09. The van der Waals surface area contributed by atoms with Gasteiger partial charge >= 0.3 is 0 Å². The average Bonchev–Trinajstić information content (AvgIpc) is 3.40. The topological polar surface area (TPSA) is 46.4 Å². The van der Waals surface area contributed by atoms with Crippen LogP contribution in [0, 0.1) is 0 Å². The fraction of sp³-hybridized carbons (Fsp3) is 0. The van der Waals surface area contributed by atoms with Crippen molar-refractivity contribution in [1.29, 1.82) is 0 Å². The van der Waals surface area contributed by atoms with Gasteiger partial charge in [0.05, 0.1) is 10.7 Å². The molecule has 7 heteroatoms. The Labute approximate surface area is 191 Å². The SMILES string of the molecule is O=C(N/N=c1\scc(-c2ccccc2)n1-c1ccccc1)c1sc2ccccc2c1Cl. The molecule has 0 fully saturated rings. The second kappa shape index (κ2) is 8.51. The summed E-state index contributed by atoms with van der Waals surface area (Å²) in [6.07, 6.45) is 0. The lowest BCUT2D eigenvalue weighted by molar-refractivity contribution is 0.0957. The van der Waals surface area contributed by atoms with Crippen LogP contribution >= 0.6 is 34.3 Å². The van der Waals surface area contributed by atoms with Crippen molar-refractivity contribution in [3.8, 4) is 16.9 Å². The Morgan fingerprint density at radius 1 is 0.903 bits per heavy atom. The van der Waals surface area contributed by atoms with Crippen LogP contribution in [0.4, 0.5) is 0 Å². The number of benzene rings is 3. The molecule has 0 saturated heterocycles. The Balaban J connectivity index is 1.56. The summed E-state index contributed by atoms with van der Waals surface area (Å²) in [5.74, 6) is -0.319. The van der Waals surface area contributed by atoms with Crippen molar-refractivity contribution in [3.05, 3.63) is 105 Å².